The quantitative estimate of drug-likeness (QED) is 0.255. The van der Waals surface area contributed by atoms with Crippen molar-refractivity contribution in [1.29, 1.82) is 5.26 Å². The molecule has 0 saturated carbocycles. The molecule has 0 fully saturated rings. The minimum Gasteiger partial charge on any atom is -0.394 e. The summed E-state index contributed by atoms with van der Waals surface area (Å²) < 4.78 is 40.5. The van der Waals surface area contributed by atoms with E-state index in [0.29, 0.717) is 5.69 Å². The van der Waals surface area contributed by atoms with Crippen LogP contribution in [-0.2, 0) is 6.42 Å². The molecule has 1 heterocycles. The molecule has 3 N–H and O–H groups in total. The van der Waals surface area contributed by atoms with Crippen molar-refractivity contribution in [2.24, 2.45) is 0 Å². The van der Waals surface area contributed by atoms with Gasteiger partial charge in [0, 0.05) is 11.2 Å². The maximum atomic E-state index is 13.4. The smallest absolute Gasteiger partial charge is 0.394 e. The molecule has 0 spiro atoms. The summed E-state index contributed by atoms with van der Waals surface area (Å²) in [7, 11) is 0. The van der Waals surface area contributed by atoms with Gasteiger partial charge in [-0.1, -0.05) is 48.5 Å². The molecule has 3 aromatic carbocycles. The third kappa shape index (κ3) is 7.14. The molecule has 1 aromatic heterocycles. The van der Waals surface area contributed by atoms with E-state index >= 15 is 0 Å². The number of nitrogens with one attached hydrogen (secondary N) is 2. The minimum absolute atomic E-state index is 0.107. The third-order valence-corrected chi connectivity index (χ3v) is 6.14. The standard InChI is InChI=1S/C30H28F3N5O2/c1-29(2,19-39)36-27(21-9-4-3-5-10-21)22-11-7-12-23(15-22)35-28(40)26-16-24(17-30(31,32)33)37-38(26)25-13-6-8-20(14-25)18-34/h3-16,27,36,39H,17,19H2,1-2H3,(H,35,40). The number of carbonyl (C=O) groups is 1. The molecular formula is C30H28F3N5O2. The van der Waals surface area contributed by atoms with Gasteiger partial charge in [0.05, 0.1) is 42.1 Å². The topological polar surface area (TPSA) is 103 Å². The lowest BCUT2D eigenvalue weighted by Crippen LogP contribution is -2.45. The van der Waals surface area contributed by atoms with Crippen LogP contribution in [0.3, 0.4) is 0 Å². The number of halogens is 3. The number of carbonyl (C=O) groups excluding carboxylic acids is 1. The van der Waals surface area contributed by atoms with Crippen molar-refractivity contribution in [3.05, 3.63) is 113 Å². The number of nitrogens with zero attached hydrogens (tertiary/aromatic N) is 3. The van der Waals surface area contributed by atoms with E-state index in [1.54, 1.807) is 36.4 Å². The molecule has 206 valence electrons. The Morgan fingerprint density at radius 2 is 1.70 bits per heavy atom. The monoisotopic (exact) mass is 547 g/mol. The number of aromatic nitrogens is 2. The molecule has 0 bridgehead atoms. The molecular weight excluding hydrogens is 519 g/mol. The molecule has 1 amide bonds. The fraction of sp³-hybridized carbons (Fsp3) is 0.233. The average Bonchev–Trinajstić information content (AvgIpc) is 3.35. The van der Waals surface area contributed by atoms with Gasteiger partial charge < -0.3 is 10.4 Å². The second-order valence-electron chi connectivity index (χ2n) is 10.00. The first-order valence-corrected chi connectivity index (χ1v) is 12.5. The number of benzene rings is 3. The van der Waals surface area contributed by atoms with E-state index in [-0.39, 0.29) is 35.3 Å². The van der Waals surface area contributed by atoms with Crippen LogP contribution in [0, 0.1) is 11.3 Å². The summed E-state index contributed by atoms with van der Waals surface area (Å²) in [5.74, 6) is -0.666. The molecule has 10 heteroatoms. The van der Waals surface area contributed by atoms with Crippen LogP contribution in [0.2, 0.25) is 0 Å². The number of amides is 1. The Labute approximate surface area is 229 Å². The van der Waals surface area contributed by atoms with Crippen LogP contribution < -0.4 is 10.6 Å². The van der Waals surface area contributed by atoms with Crippen molar-refractivity contribution in [1.82, 2.24) is 15.1 Å². The molecule has 7 nitrogen and oxygen atoms in total. The number of aliphatic hydroxyl groups is 1. The van der Waals surface area contributed by atoms with E-state index < -0.39 is 24.0 Å². The zero-order chi connectivity index (χ0) is 28.9. The molecule has 0 radical (unpaired) electrons. The lowest BCUT2D eigenvalue weighted by Gasteiger charge is -2.31. The Balaban J connectivity index is 1.69. The van der Waals surface area contributed by atoms with Crippen molar-refractivity contribution < 1.29 is 23.1 Å². The Morgan fingerprint density at radius 1 is 1.00 bits per heavy atom. The SMILES string of the molecule is CC(C)(CO)NC(c1ccccc1)c1cccc(NC(=O)c2cc(CC(F)(F)F)nn2-c2cccc(C#N)c2)c1. The summed E-state index contributed by atoms with van der Waals surface area (Å²) in [6, 6.07) is 25.6. The highest BCUT2D eigenvalue weighted by Crippen LogP contribution is 2.28. The predicted molar refractivity (Wildman–Crippen MR) is 145 cm³/mol. The normalized spacial score (nSPS) is 12.5. The van der Waals surface area contributed by atoms with Crippen molar-refractivity contribution in [3.63, 3.8) is 0 Å². The molecule has 0 aliphatic rings. The van der Waals surface area contributed by atoms with Gasteiger partial charge >= 0.3 is 6.18 Å². The second-order valence-corrected chi connectivity index (χ2v) is 10.00. The third-order valence-electron chi connectivity index (χ3n) is 6.14. The van der Waals surface area contributed by atoms with Gasteiger partial charge in [-0.2, -0.15) is 23.5 Å². The van der Waals surface area contributed by atoms with Gasteiger partial charge in [-0.05, 0) is 61.4 Å². The summed E-state index contributed by atoms with van der Waals surface area (Å²) >= 11 is 0. The summed E-state index contributed by atoms with van der Waals surface area (Å²) in [6.07, 6.45) is -5.82. The second kappa shape index (κ2) is 11.7. The van der Waals surface area contributed by atoms with Gasteiger partial charge in [0.1, 0.15) is 5.69 Å². The van der Waals surface area contributed by atoms with Gasteiger partial charge in [0.2, 0.25) is 0 Å². The number of rotatable bonds is 9. The average molecular weight is 548 g/mol. The zero-order valence-electron chi connectivity index (χ0n) is 21.9. The number of nitriles is 1. The van der Waals surface area contributed by atoms with Crippen LogP contribution in [0.4, 0.5) is 18.9 Å². The molecule has 4 aromatic rings. The number of alkyl halides is 3. The van der Waals surface area contributed by atoms with E-state index in [1.807, 2.05) is 56.3 Å². The van der Waals surface area contributed by atoms with Crippen molar-refractivity contribution in [3.8, 4) is 11.8 Å². The van der Waals surface area contributed by atoms with Crippen LogP contribution >= 0.6 is 0 Å². The molecule has 1 unspecified atom stereocenters. The highest BCUT2D eigenvalue weighted by atomic mass is 19.4. The molecule has 4 rings (SSSR count). The van der Waals surface area contributed by atoms with Crippen molar-refractivity contribution in [2.75, 3.05) is 11.9 Å². The first-order chi connectivity index (χ1) is 19.0. The van der Waals surface area contributed by atoms with E-state index in [4.69, 9.17) is 0 Å². The molecule has 40 heavy (non-hydrogen) atoms. The largest absolute Gasteiger partial charge is 0.394 e. The van der Waals surface area contributed by atoms with Crippen LogP contribution in [0.5, 0.6) is 0 Å². The first kappa shape index (κ1) is 28.5. The Kier molecular flexibility index (Phi) is 8.38. The van der Waals surface area contributed by atoms with Crippen LogP contribution in [0.15, 0.2) is 84.9 Å². The summed E-state index contributed by atoms with van der Waals surface area (Å²) in [6.45, 7) is 3.63. The van der Waals surface area contributed by atoms with Gasteiger partial charge in [-0.25, -0.2) is 4.68 Å². The highest BCUT2D eigenvalue weighted by molar-refractivity contribution is 6.03. The van der Waals surface area contributed by atoms with Crippen molar-refractivity contribution in [2.45, 2.75) is 38.0 Å². The van der Waals surface area contributed by atoms with Gasteiger partial charge in [0.25, 0.3) is 5.91 Å². The lowest BCUT2D eigenvalue weighted by atomic mass is 9.94. The van der Waals surface area contributed by atoms with E-state index in [1.165, 1.54) is 6.07 Å². The predicted octanol–water partition coefficient (Wildman–Crippen LogP) is 5.55. The van der Waals surface area contributed by atoms with Gasteiger partial charge in [-0.15, -0.1) is 0 Å². The van der Waals surface area contributed by atoms with E-state index in [2.05, 4.69) is 15.7 Å². The van der Waals surface area contributed by atoms with Crippen LogP contribution in [0.1, 0.15) is 52.8 Å². The number of anilines is 1. The van der Waals surface area contributed by atoms with Crippen LogP contribution in [-0.4, -0.2) is 39.1 Å². The Bertz CT molecular complexity index is 1520. The molecule has 1 atom stereocenters. The number of hydrogen-bond acceptors (Lipinski definition) is 5. The maximum Gasteiger partial charge on any atom is 0.394 e. The fourth-order valence-corrected chi connectivity index (χ4v) is 4.22. The first-order valence-electron chi connectivity index (χ1n) is 12.5. The molecule has 0 saturated heterocycles. The van der Waals surface area contributed by atoms with Gasteiger partial charge in [-0.3, -0.25) is 10.1 Å². The summed E-state index contributed by atoms with van der Waals surface area (Å²) in [5.41, 5.74) is 1.67. The summed E-state index contributed by atoms with van der Waals surface area (Å²) in [4.78, 5) is 13.4. The fourth-order valence-electron chi connectivity index (χ4n) is 4.22. The van der Waals surface area contributed by atoms with Crippen molar-refractivity contribution >= 4 is 11.6 Å². The van der Waals surface area contributed by atoms with Gasteiger partial charge in [0.15, 0.2) is 0 Å². The summed E-state index contributed by atoms with van der Waals surface area (Å²) in [5, 5.41) is 29.3. The van der Waals surface area contributed by atoms with E-state index in [0.717, 1.165) is 21.9 Å². The Hall–Kier alpha value is -4.46. The maximum absolute atomic E-state index is 13.4. The lowest BCUT2D eigenvalue weighted by molar-refractivity contribution is -0.127. The van der Waals surface area contributed by atoms with E-state index in [9.17, 15) is 28.3 Å². The highest BCUT2D eigenvalue weighted by Gasteiger charge is 2.31. The minimum atomic E-state index is -4.52. The Morgan fingerprint density at radius 3 is 2.38 bits per heavy atom. The number of aliphatic hydroxyl groups excluding tert-OH is 1. The van der Waals surface area contributed by atoms with Crippen LogP contribution in [0.25, 0.3) is 5.69 Å². The zero-order valence-corrected chi connectivity index (χ0v) is 21.9. The number of hydrogen-bond donors (Lipinski definition) is 3. The molecule has 0 aliphatic heterocycles. The molecule has 0 aliphatic carbocycles.